The number of nitrogens with one attached hydrogen (secondary N) is 1. The summed E-state index contributed by atoms with van der Waals surface area (Å²) in [5.41, 5.74) is 0.509. The van der Waals surface area contributed by atoms with Crippen molar-refractivity contribution in [3.63, 3.8) is 0 Å². The van der Waals surface area contributed by atoms with Gasteiger partial charge in [-0.2, -0.15) is 0 Å². The highest BCUT2D eigenvalue weighted by Crippen LogP contribution is 2.28. The zero-order valence-electron chi connectivity index (χ0n) is 13.4. The smallest absolute Gasteiger partial charge is 0.217 e. The molecule has 2 rings (SSSR count). The van der Waals surface area contributed by atoms with Gasteiger partial charge >= 0.3 is 0 Å². The fourth-order valence-electron chi connectivity index (χ4n) is 2.51. The largest absolute Gasteiger partial charge is 0.394 e. The van der Waals surface area contributed by atoms with Crippen LogP contribution in [0, 0.1) is 0 Å². The quantitative estimate of drug-likeness (QED) is 0.590. The number of benzene rings is 1. The van der Waals surface area contributed by atoms with E-state index in [-0.39, 0.29) is 5.91 Å². The number of carbonyl (C=O) groups excluding carboxylic acids is 1. The lowest BCUT2D eigenvalue weighted by molar-refractivity contribution is -0.173. The second-order valence-corrected chi connectivity index (χ2v) is 6.71. The number of aliphatic hydroxyl groups excluding tert-OH is 3. The van der Waals surface area contributed by atoms with E-state index in [4.69, 9.17) is 4.74 Å². The van der Waals surface area contributed by atoms with Crippen LogP contribution in [0.25, 0.3) is 6.08 Å². The first-order valence-electron chi connectivity index (χ1n) is 7.75. The maximum atomic E-state index is 11.3. The highest BCUT2D eigenvalue weighted by molar-refractivity contribution is 7.99. The van der Waals surface area contributed by atoms with Crippen LogP contribution in [0.2, 0.25) is 0 Å². The Bertz CT molecular complexity index is 553. The Balaban J connectivity index is 1.98. The van der Waals surface area contributed by atoms with Crippen molar-refractivity contribution in [1.29, 1.82) is 0 Å². The summed E-state index contributed by atoms with van der Waals surface area (Å²) < 4.78 is 5.64. The number of carbonyl (C=O) groups is 1. The predicted octanol–water partition coefficient (Wildman–Crippen LogP) is 0.377. The van der Waals surface area contributed by atoms with Gasteiger partial charge in [-0.1, -0.05) is 42.5 Å². The van der Waals surface area contributed by atoms with Gasteiger partial charge in [0.15, 0.2) is 0 Å². The van der Waals surface area contributed by atoms with Gasteiger partial charge in [-0.15, -0.1) is 11.8 Å². The van der Waals surface area contributed by atoms with E-state index in [9.17, 15) is 20.1 Å². The van der Waals surface area contributed by atoms with E-state index < -0.39 is 36.4 Å². The molecule has 0 unspecified atom stereocenters. The van der Waals surface area contributed by atoms with Crippen molar-refractivity contribution in [2.24, 2.45) is 0 Å². The number of ether oxygens (including phenoxy) is 1. The summed E-state index contributed by atoms with van der Waals surface area (Å²) in [6.07, 6.45) is 0.608. The van der Waals surface area contributed by atoms with E-state index >= 15 is 0 Å². The van der Waals surface area contributed by atoms with Crippen LogP contribution in [0.15, 0.2) is 36.4 Å². The van der Waals surface area contributed by atoms with Gasteiger partial charge < -0.3 is 25.4 Å². The topological polar surface area (TPSA) is 99.0 Å². The molecule has 1 fully saturated rings. The van der Waals surface area contributed by atoms with Crippen molar-refractivity contribution in [2.45, 2.75) is 36.7 Å². The number of hydrogen-bond acceptors (Lipinski definition) is 6. The molecule has 0 radical (unpaired) electrons. The molecule has 1 aliphatic heterocycles. The monoisotopic (exact) mass is 353 g/mol. The standard InChI is InChI=1S/C17H23NO5S/c1-11(20)18-14-16(22)15(21)13(10-19)23-17(14)24-9-5-8-12-6-3-2-4-7-12/h2-8,13-17,19,21-22H,9-10H2,1H3,(H,18,20)/b8-5+/t13-,14-,15-,16-,17+/m1/s1. The van der Waals surface area contributed by atoms with Crippen molar-refractivity contribution >= 4 is 23.7 Å². The van der Waals surface area contributed by atoms with Gasteiger partial charge in [0.05, 0.1) is 12.6 Å². The van der Waals surface area contributed by atoms with E-state index in [0.717, 1.165) is 5.56 Å². The molecule has 5 atom stereocenters. The molecule has 1 aromatic rings. The Hall–Kier alpha value is -1.38. The molecular weight excluding hydrogens is 330 g/mol. The van der Waals surface area contributed by atoms with E-state index in [2.05, 4.69) is 5.32 Å². The van der Waals surface area contributed by atoms with Crippen LogP contribution < -0.4 is 5.32 Å². The molecule has 1 amide bonds. The van der Waals surface area contributed by atoms with E-state index in [0.29, 0.717) is 5.75 Å². The van der Waals surface area contributed by atoms with Crippen molar-refractivity contribution in [2.75, 3.05) is 12.4 Å². The summed E-state index contributed by atoms with van der Waals surface area (Å²) in [6, 6.07) is 9.08. The third-order valence-electron chi connectivity index (χ3n) is 3.72. The fraction of sp³-hybridized carbons (Fsp3) is 0.471. The second kappa shape index (κ2) is 9.19. The molecule has 132 valence electrons. The van der Waals surface area contributed by atoms with Gasteiger partial charge in [0.2, 0.25) is 5.91 Å². The number of amides is 1. The van der Waals surface area contributed by atoms with Gasteiger partial charge in [0.1, 0.15) is 23.7 Å². The Labute approximate surface area is 145 Å². The molecule has 4 N–H and O–H groups in total. The Kier molecular flexibility index (Phi) is 7.26. The minimum Gasteiger partial charge on any atom is -0.394 e. The number of hydrogen-bond donors (Lipinski definition) is 4. The van der Waals surface area contributed by atoms with Crippen LogP contribution in [0.1, 0.15) is 12.5 Å². The van der Waals surface area contributed by atoms with E-state index in [1.807, 2.05) is 42.5 Å². The van der Waals surface area contributed by atoms with Crippen LogP contribution in [-0.2, 0) is 9.53 Å². The van der Waals surface area contributed by atoms with Crippen LogP contribution in [0.5, 0.6) is 0 Å². The van der Waals surface area contributed by atoms with Crippen LogP contribution in [-0.4, -0.2) is 63.4 Å². The third kappa shape index (κ3) is 5.06. The molecule has 1 saturated heterocycles. The first-order chi connectivity index (χ1) is 11.5. The summed E-state index contributed by atoms with van der Waals surface area (Å²) in [5, 5.41) is 32.0. The van der Waals surface area contributed by atoms with Gasteiger partial charge in [-0.05, 0) is 5.56 Å². The molecule has 0 spiro atoms. The SMILES string of the molecule is CC(=O)N[C@@H]1[C@@H](O)[C@H](O)[C@@H](CO)O[C@H]1SC/C=C/c1ccccc1. The average Bonchev–Trinajstić information content (AvgIpc) is 2.58. The van der Waals surface area contributed by atoms with Crippen molar-refractivity contribution in [3.05, 3.63) is 42.0 Å². The Morgan fingerprint density at radius 2 is 2.00 bits per heavy atom. The molecule has 0 aromatic heterocycles. The summed E-state index contributed by atoms with van der Waals surface area (Å²) in [7, 11) is 0. The number of rotatable bonds is 6. The van der Waals surface area contributed by atoms with Crippen molar-refractivity contribution < 1.29 is 24.9 Å². The highest BCUT2D eigenvalue weighted by atomic mass is 32.2. The minimum atomic E-state index is -1.25. The lowest BCUT2D eigenvalue weighted by Crippen LogP contribution is -2.63. The molecule has 24 heavy (non-hydrogen) atoms. The van der Waals surface area contributed by atoms with E-state index in [1.165, 1.54) is 18.7 Å². The van der Waals surface area contributed by atoms with Crippen molar-refractivity contribution in [3.8, 4) is 0 Å². The molecule has 1 aliphatic rings. The van der Waals surface area contributed by atoms with E-state index in [1.54, 1.807) is 0 Å². The highest BCUT2D eigenvalue weighted by Gasteiger charge is 2.44. The van der Waals surface area contributed by atoms with Crippen LogP contribution >= 0.6 is 11.8 Å². The van der Waals surface area contributed by atoms with Gasteiger partial charge in [-0.25, -0.2) is 0 Å². The first kappa shape index (κ1) is 19.0. The average molecular weight is 353 g/mol. The second-order valence-electron chi connectivity index (χ2n) is 5.58. The fourth-order valence-corrected chi connectivity index (χ4v) is 3.57. The van der Waals surface area contributed by atoms with Crippen LogP contribution in [0.4, 0.5) is 0 Å². The molecule has 0 saturated carbocycles. The third-order valence-corrected chi connectivity index (χ3v) is 4.84. The first-order valence-corrected chi connectivity index (χ1v) is 8.80. The zero-order chi connectivity index (χ0) is 17.5. The lowest BCUT2D eigenvalue weighted by Gasteiger charge is -2.42. The Morgan fingerprint density at radius 3 is 2.62 bits per heavy atom. The maximum Gasteiger partial charge on any atom is 0.217 e. The van der Waals surface area contributed by atoms with Crippen molar-refractivity contribution in [1.82, 2.24) is 5.32 Å². The van der Waals surface area contributed by atoms with Crippen LogP contribution in [0.3, 0.4) is 0 Å². The zero-order valence-corrected chi connectivity index (χ0v) is 14.2. The molecule has 0 aliphatic carbocycles. The maximum absolute atomic E-state index is 11.3. The van der Waals surface area contributed by atoms with Gasteiger partial charge in [-0.3, -0.25) is 4.79 Å². The minimum absolute atomic E-state index is 0.317. The summed E-state index contributed by atoms with van der Waals surface area (Å²) in [6.45, 7) is 0.941. The Morgan fingerprint density at radius 1 is 1.29 bits per heavy atom. The number of thioether (sulfide) groups is 1. The molecule has 1 heterocycles. The van der Waals surface area contributed by atoms with Gasteiger partial charge in [0.25, 0.3) is 0 Å². The molecule has 6 nitrogen and oxygen atoms in total. The van der Waals surface area contributed by atoms with Gasteiger partial charge in [0, 0.05) is 12.7 Å². The predicted molar refractivity (Wildman–Crippen MR) is 93.3 cm³/mol. The molecular formula is C17H23NO5S. The summed E-state index contributed by atoms with van der Waals surface area (Å²) >= 11 is 1.39. The lowest BCUT2D eigenvalue weighted by atomic mass is 9.98. The molecule has 7 heteroatoms. The molecule has 0 bridgehead atoms. The molecule has 1 aromatic carbocycles. The summed E-state index contributed by atoms with van der Waals surface area (Å²) in [4.78, 5) is 11.3. The summed E-state index contributed by atoms with van der Waals surface area (Å²) in [5.74, 6) is 0.277. The normalized spacial score (nSPS) is 30.4. The number of aliphatic hydroxyl groups is 3.